The van der Waals surface area contributed by atoms with Crippen LogP contribution >= 0.6 is 34.5 Å². The topological polar surface area (TPSA) is 32.3 Å². The van der Waals surface area contributed by atoms with Gasteiger partial charge in [0.1, 0.15) is 0 Å². The third-order valence-corrected chi connectivity index (χ3v) is 4.62. The number of hydrogen-bond acceptors (Lipinski definition) is 3. The van der Waals surface area contributed by atoms with Crippen molar-refractivity contribution in [3.8, 4) is 0 Å². The van der Waals surface area contributed by atoms with Crippen LogP contribution in [0.1, 0.15) is 11.8 Å². The molecule has 3 nitrogen and oxygen atoms in total. The molecule has 2 rings (SSSR count). The predicted octanol–water partition coefficient (Wildman–Crippen LogP) is 4.51. The van der Waals surface area contributed by atoms with Crippen molar-refractivity contribution in [3.63, 3.8) is 0 Å². The molecule has 2 aromatic rings. The van der Waals surface area contributed by atoms with E-state index >= 15 is 0 Å². The molecular formula is C15H16Cl2N2OS. The molecule has 0 unspecified atom stereocenters. The van der Waals surface area contributed by atoms with E-state index in [0.29, 0.717) is 17.3 Å². The number of thiophene rings is 1. The quantitative estimate of drug-likeness (QED) is 0.866. The smallest absolute Gasteiger partial charge is 0.241 e. The maximum atomic E-state index is 12.2. The summed E-state index contributed by atoms with van der Waals surface area (Å²) in [4.78, 5) is 15.3. The second-order valence-corrected chi connectivity index (χ2v) is 7.03. The number of halogens is 2. The number of amides is 1. The maximum Gasteiger partial charge on any atom is 0.241 e. The van der Waals surface area contributed by atoms with E-state index in [1.165, 1.54) is 11.3 Å². The molecule has 0 aliphatic heterocycles. The van der Waals surface area contributed by atoms with Crippen LogP contribution in [0.25, 0.3) is 0 Å². The number of anilines is 1. The zero-order valence-electron chi connectivity index (χ0n) is 11.8. The molecular weight excluding hydrogens is 327 g/mol. The molecule has 21 heavy (non-hydrogen) atoms. The Morgan fingerprint density at radius 3 is 2.71 bits per heavy atom. The van der Waals surface area contributed by atoms with Crippen molar-refractivity contribution >= 4 is 46.1 Å². The Hall–Kier alpha value is -1.07. The monoisotopic (exact) mass is 342 g/mol. The van der Waals surface area contributed by atoms with Crippen molar-refractivity contribution < 1.29 is 4.79 Å². The first-order chi connectivity index (χ1) is 9.95. The predicted molar refractivity (Wildman–Crippen MR) is 90.3 cm³/mol. The molecule has 0 bridgehead atoms. The molecule has 0 radical (unpaired) electrons. The second-order valence-electron chi connectivity index (χ2n) is 4.80. The van der Waals surface area contributed by atoms with Crippen LogP contribution in [-0.2, 0) is 11.3 Å². The van der Waals surface area contributed by atoms with Crippen LogP contribution in [0, 0.1) is 0 Å². The Morgan fingerprint density at radius 1 is 1.33 bits per heavy atom. The molecule has 0 spiro atoms. The first-order valence-electron chi connectivity index (χ1n) is 6.46. The van der Waals surface area contributed by atoms with Gasteiger partial charge < -0.3 is 5.32 Å². The van der Waals surface area contributed by atoms with Gasteiger partial charge in [0.05, 0.1) is 10.4 Å². The molecule has 6 heteroatoms. The van der Waals surface area contributed by atoms with E-state index in [1.54, 1.807) is 18.2 Å². The van der Waals surface area contributed by atoms with Gasteiger partial charge in [-0.15, -0.1) is 11.3 Å². The minimum atomic E-state index is -0.259. The van der Waals surface area contributed by atoms with Gasteiger partial charge in [-0.2, -0.15) is 0 Å². The minimum absolute atomic E-state index is 0.0672. The Balaban J connectivity index is 1.95. The average Bonchev–Trinajstić information content (AvgIpc) is 2.83. The van der Waals surface area contributed by atoms with Gasteiger partial charge in [-0.1, -0.05) is 29.3 Å². The zero-order valence-corrected chi connectivity index (χ0v) is 14.1. The number of rotatable bonds is 5. The standard InChI is InChI=1S/C15H16Cl2N2OS/c1-10(19(2)9-13-6-7-14(17)21-13)15(20)18-12-5-3-4-11(16)8-12/h3-8,10H,9H2,1-2H3,(H,18,20)/t10-/m0/s1. The van der Waals surface area contributed by atoms with Crippen molar-refractivity contribution in [1.29, 1.82) is 0 Å². The van der Waals surface area contributed by atoms with Crippen molar-refractivity contribution in [1.82, 2.24) is 4.90 Å². The Morgan fingerprint density at radius 2 is 2.10 bits per heavy atom. The van der Waals surface area contributed by atoms with Gasteiger partial charge in [0, 0.05) is 22.1 Å². The number of carbonyl (C=O) groups excluding carboxylic acids is 1. The minimum Gasteiger partial charge on any atom is -0.325 e. The van der Waals surface area contributed by atoms with Crippen LogP contribution < -0.4 is 5.32 Å². The first-order valence-corrected chi connectivity index (χ1v) is 8.04. The lowest BCUT2D eigenvalue weighted by Gasteiger charge is -2.23. The fourth-order valence-corrected chi connectivity index (χ4v) is 3.17. The van der Waals surface area contributed by atoms with Crippen LogP contribution in [0.5, 0.6) is 0 Å². The van der Waals surface area contributed by atoms with Crippen LogP contribution in [0.2, 0.25) is 9.36 Å². The third-order valence-electron chi connectivity index (χ3n) is 3.17. The number of hydrogen-bond donors (Lipinski definition) is 1. The fourth-order valence-electron chi connectivity index (χ4n) is 1.83. The lowest BCUT2D eigenvalue weighted by molar-refractivity contribution is -0.120. The van der Waals surface area contributed by atoms with E-state index in [1.807, 2.05) is 37.1 Å². The summed E-state index contributed by atoms with van der Waals surface area (Å²) in [5.41, 5.74) is 0.701. The highest BCUT2D eigenvalue weighted by Gasteiger charge is 2.18. The number of likely N-dealkylation sites (N-methyl/N-ethyl adjacent to an activating group) is 1. The summed E-state index contributed by atoms with van der Waals surface area (Å²) in [5, 5.41) is 3.47. The highest BCUT2D eigenvalue weighted by molar-refractivity contribution is 7.16. The number of nitrogens with zero attached hydrogens (tertiary/aromatic N) is 1. The lowest BCUT2D eigenvalue weighted by Crippen LogP contribution is -2.39. The summed E-state index contributed by atoms with van der Waals surface area (Å²) < 4.78 is 0.759. The Labute approximate surface area is 138 Å². The number of benzene rings is 1. The van der Waals surface area contributed by atoms with Crippen LogP contribution in [0.15, 0.2) is 36.4 Å². The summed E-state index contributed by atoms with van der Waals surface area (Å²) >= 11 is 13.3. The SMILES string of the molecule is C[C@@H](C(=O)Nc1cccc(Cl)c1)N(C)Cc1ccc(Cl)s1. The third kappa shape index (κ3) is 4.71. The zero-order chi connectivity index (χ0) is 15.4. The molecule has 1 heterocycles. The summed E-state index contributed by atoms with van der Waals surface area (Å²) in [6, 6.07) is 10.7. The van der Waals surface area contributed by atoms with E-state index in [-0.39, 0.29) is 11.9 Å². The fraction of sp³-hybridized carbons (Fsp3) is 0.267. The summed E-state index contributed by atoms with van der Waals surface area (Å²) in [7, 11) is 1.91. The lowest BCUT2D eigenvalue weighted by atomic mass is 10.2. The van der Waals surface area contributed by atoms with Crippen molar-refractivity contribution in [3.05, 3.63) is 50.6 Å². The summed E-state index contributed by atoms with van der Waals surface area (Å²) in [6.07, 6.45) is 0. The molecule has 1 N–H and O–H groups in total. The number of nitrogens with one attached hydrogen (secondary N) is 1. The van der Waals surface area contributed by atoms with Gasteiger partial charge >= 0.3 is 0 Å². The molecule has 0 aliphatic carbocycles. The van der Waals surface area contributed by atoms with Gasteiger partial charge in [-0.3, -0.25) is 9.69 Å². The van der Waals surface area contributed by atoms with Crippen LogP contribution in [0.4, 0.5) is 5.69 Å². The average molecular weight is 343 g/mol. The molecule has 1 atom stereocenters. The van der Waals surface area contributed by atoms with Gasteiger partial charge in [0.2, 0.25) is 5.91 Å². The molecule has 1 amide bonds. The van der Waals surface area contributed by atoms with Crippen molar-refractivity contribution in [2.24, 2.45) is 0 Å². The Bertz CT molecular complexity index is 630. The molecule has 0 saturated heterocycles. The van der Waals surface area contributed by atoms with E-state index in [9.17, 15) is 4.79 Å². The summed E-state index contributed by atoms with van der Waals surface area (Å²) in [6.45, 7) is 2.55. The van der Waals surface area contributed by atoms with Gasteiger partial charge in [0.25, 0.3) is 0 Å². The normalized spacial score (nSPS) is 12.4. The van der Waals surface area contributed by atoms with E-state index in [4.69, 9.17) is 23.2 Å². The van der Waals surface area contributed by atoms with Crippen LogP contribution in [-0.4, -0.2) is 23.9 Å². The van der Waals surface area contributed by atoms with E-state index in [0.717, 1.165) is 9.21 Å². The van der Waals surface area contributed by atoms with E-state index < -0.39 is 0 Å². The molecule has 1 aromatic carbocycles. The molecule has 0 aliphatic rings. The first kappa shape index (κ1) is 16.3. The highest BCUT2D eigenvalue weighted by atomic mass is 35.5. The van der Waals surface area contributed by atoms with Gasteiger partial charge in [0.15, 0.2) is 0 Å². The largest absolute Gasteiger partial charge is 0.325 e. The molecule has 0 fully saturated rings. The highest BCUT2D eigenvalue weighted by Crippen LogP contribution is 2.23. The van der Waals surface area contributed by atoms with Crippen LogP contribution in [0.3, 0.4) is 0 Å². The molecule has 112 valence electrons. The van der Waals surface area contributed by atoms with Crippen molar-refractivity contribution in [2.75, 3.05) is 12.4 Å². The Kier molecular flexibility index (Phi) is 5.65. The second kappa shape index (κ2) is 7.27. The maximum absolute atomic E-state index is 12.2. The molecule has 0 saturated carbocycles. The summed E-state index contributed by atoms with van der Waals surface area (Å²) in [5.74, 6) is -0.0672. The van der Waals surface area contributed by atoms with E-state index in [2.05, 4.69) is 5.32 Å². The van der Waals surface area contributed by atoms with Crippen molar-refractivity contribution in [2.45, 2.75) is 19.5 Å². The van der Waals surface area contributed by atoms with Gasteiger partial charge in [-0.05, 0) is 44.3 Å². The number of carbonyl (C=O) groups is 1. The van der Waals surface area contributed by atoms with Gasteiger partial charge in [-0.25, -0.2) is 0 Å². The molecule has 1 aromatic heterocycles.